The van der Waals surface area contributed by atoms with Crippen molar-refractivity contribution in [3.63, 3.8) is 0 Å². The van der Waals surface area contributed by atoms with E-state index in [1.807, 2.05) is 0 Å². The van der Waals surface area contributed by atoms with Crippen LogP contribution >= 0.6 is 11.6 Å². The summed E-state index contributed by atoms with van der Waals surface area (Å²) in [5, 5.41) is 0.155. The van der Waals surface area contributed by atoms with Crippen molar-refractivity contribution in [2.45, 2.75) is 44.2 Å². The van der Waals surface area contributed by atoms with E-state index in [1.54, 1.807) is 12.1 Å². The third-order valence-electron chi connectivity index (χ3n) is 3.52. The summed E-state index contributed by atoms with van der Waals surface area (Å²) in [7, 11) is 0. The van der Waals surface area contributed by atoms with Crippen LogP contribution in [0.3, 0.4) is 0 Å². The number of benzene rings is 1. The summed E-state index contributed by atoms with van der Waals surface area (Å²) in [6.07, 6.45) is 5.30. The molecule has 0 aromatic heterocycles. The molecule has 19 heavy (non-hydrogen) atoms. The second kappa shape index (κ2) is 7.20. The van der Waals surface area contributed by atoms with Crippen molar-refractivity contribution in [3.05, 3.63) is 34.6 Å². The minimum absolute atomic E-state index is 0.115. The minimum Gasteiger partial charge on any atom is -0.378 e. The smallest absolute Gasteiger partial charge is 0.141 e. The Morgan fingerprint density at radius 2 is 2.32 bits per heavy atom. The molecule has 1 saturated heterocycles. The van der Waals surface area contributed by atoms with Crippen molar-refractivity contribution >= 4 is 11.6 Å². The van der Waals surface area contributed by atoms with Gasteiger partial charge in [-0.25, -0.2) is 4.39 Å². The van der Waals surface area contributed by atoms with Crippen LogP contribution in [0.1, 0.15) is 31.2 Å². The third-order valence-corrected chi connectivity index (χ3v) is 3.81. The predicted molar refractivity (Wildman–Crippen MR) is 74.4 cm³/mol. The first kappa shape index (κ1) is 14.7. The number of halogens is 2. The molecule has 0 radical (unpaired) electrons. The summed E-state index contributed by atoms with van der Waals surface area (Å²) in [5.41, 5.74) is 3.79. The molecule has 2 atom stereocenters. The lowest BCUT2D eigenvalue weighted by molar-refractivity contribution is 0.00524. The van der Waals surface area contributed by atoms with Crippen LogP contribution in [-0.4, -0.2) is 18.8 Å². The molecule has 2 rings (SSSR count). The van der Waals surface area contributed by atoms with Gasteiger partial charge in [0.25, 0.3) is 0 Å². The maximum absolute atomic E-state index is 13.1. The van der Waals surface area contributed by atoms with E-state index in [0.717, 1.165) is 37.9 Å². The molecule has 5 heteroatoms. The molecular formula is C14H20ClFN2O. The van der Waals surface area contributed by atoms with Gasteiger partial charge in [0.05, 0.1) is 11.1 Å². The quantitative estimate of drug-likeness (QED) is 0.646. The zero-order valence-electron chi connectivity index (χ0n) is 10.9. The molecular weight excluding hydrogens is 267 g/mol. The summed E-state index contributed by atoms with van der Waals surface area (Å²) >= 11 is 5.78. The minimum atomic E-state index is -0.390. The number of nitrogens with two attached hydrogens (primary N) is 1. The summed E-state index contributed by atoms with van der Waals surface area (Å²) in [6, 6.07) is 4.91. The van der Waals surface area contributed by atoms with Gasteiger partial charge >= 0.3 is 0 Å². The average molecular weight is 287 g/mol. The largest absolute Gasteiger partial charge is 0.378 e. The second-order valence-electron chi connectivity index (χ2n) is 5.04. The lowest BCUT2D eigenvalue weighted by Crippen LogP contribution is -2.40. The number of ether oxygens (including phenoxy) is 1. The summed E-state index contributed by atoms with van der Waals surface area (Å²) in [5.74, 6) is 5.20. The highest BCUT2D eigenvalue weighted by Crippen LogP contribution is 2.21. The molecule has 2 unspecified atom stereocenters. The molecule has 106 valence electrons. The first-order valence-electron chi connectivity index (χ1n) is 6.70. The van der Waals surface area contributed by atoms with Crippen LogP contribution in [0.5, 0.6) is 0 Å². The maximum Gasteiger partial charge on any atom is 0.141 e. The van der Waals surface area contributed by atoms with E-state index in [4.69, 9.17) is 22.2 Å². The van der Waals surface area contributed by atoms with Crippen LogP contribution in [0.4, 0.5) is 4.39 Å². The highest BCUT2D eigenvalue weighted by molar-refractivity contribution is 6.30. The van der Waals surface area contributed by atoms with Crippen molar-refractivity contribution in [1.29, 1.82) is 0 Å². The Balaban J connectivity index is 1.92. The topological polar surface area (TPSA) is 47.3 Å². The fraction of sp³-hybridized carbons (Fsp3) is 0.571. The van der Waals surface area contributed by atoms with E-state index >= 15 is 0 Å². The maximum atomic E-state index is 13.1. The number of hydrazine groups is 1. The second-order valence-corrected chi connectivity index (χ2v) is 5.45. The number of hydrogen-bond donors (Lipinski definition) is 2. The first-order valence-corrected chi connectivity index (χ1v) is 7.08. The van der Waals surface area contributed by atoms with Gasteiger partial charge in [0.1, 0.15) is 5.82 Å². The van der Waals surface area contributed by atoms with Gasteiger partial charge in [0.15, 0.2) is 0 Å². The predicted octanol–water partition coefficient (Wildman–Crippen LogP) is 2.81. The molecule has 0 amide bonds. The Labute approximate surface area is 118 Å². The van der Waals surface area contributed by atoms with Crippen LogP contribution in [-0.2, 0) is 11.2 Å². The average Bonchev–Trinajstić information content (AvgIpc) is 2.43. The zero-order valence-corrected chi connectivity index (χ0v) is 11.6. The van der Waals surface area contributed by atoms with Crippen molar-refractivity contribution in [2.75, 3.05) is 6.61 Å². The molecule has 3 N–H and O–H groups in total. The van der Waals surface area contributed by atoms with E-state index in [9.17, 15) is 4.39 Å². The Kier molecular flexibility index (Phi) is 5.58. The molecule has 1 aromatic carbocycles. The standard InChI is InChI=1S/C14H20ClFN2O/c15-13-8-10(4-5-14(13)16)7-11(18-17)9-12-3-1-2-6-19-12/h4-5,8,11-12,18H,1-3,6-7,9,17H2. The normalized spacial score (nSPS) is 21.3. The van der Waals surface area contributed by atoms with E-state index in [1.165, 1.54) is 12.5 Å². The van der Waals surface area contributed by atoms with Crippen molar-refractivity contribution in [2.24, 2.45) is 5.84 Å². The highest BCUT2D eigenvalue weighted by atomic mass is 35.5. The van der Waals surface area contributed by atoms with E-state index in [2.05, 4.69) is 5.43 Å². The summed E-state index contributed by atoms with van der Waals surface area (Å²) in [6.45, 7) is 0.838. The Morgan fingerprint density at radius 3 is 2.95 bits per heavy atom. The Hall–Kier alpha value is -0.680. The van der Waals surface area contributed by atoms with E-state index in [0.29, 0.717) is 0 Å². The van der Waals surface area contributed by atoms with Crippen molar-refractivity contribution < 1.29 is 9.13 Å². The highest BCUT2D eigenvalue weighted by Gasteiger charge is 2.19. The lowest BCUT2D eigenvalue weighted by atomic mass is 9.97. The SMILES string of the molecule is NNC(Cc1ccc(F)c(Cl)c1)CC1CCCCO1. The molecule has 0 aliphatic carbocycles. The Morgan fingerprint density at radius 1 is 1.47 bits per heavy atom. The fourth-order valence-electron chi connectivity index (χ4n) is 2.47. The van der Waals surface area contributed by atoms with Gasteiger partial charge in [-0.05, 0) is 49.8 Å². The van der Waals surface area contributed by atoms with E-state index < -0.39 is 5.82 Å². The van der Waals surface area contributed by atoms with Gasteiger partial charge in [-0.3, -0.25) is 11.3 Å². The van der Waals surface area contributed by atoms with Crippen molar-refractivity contribution in [3.8, 4) is 0 Å². The van der Waals surface area contributed by atoms with Crippen molar-refractivity contribution in [1.82, 2.24) is 5.43 Å². The van der Waals surface area contributed by atoms with Crippen LogP contribution in [0.15, 0.2) is 18.2 Å². The van der Waals surface area contributed by atoms with Gasteiger partial charge in [0.2, 0.25) is 0 Å². The molecule has 0 spiro atoms. The molecule has 1 aromatic rings. The Bertz CT molecular complexity index is 410. The van der Waals surface area contributed by atoms with Crippen LogP contribution in [0, 0.1) is 5.82 Å². The molecule has 3 nitrogen and oxygen atoms in total. The molecule has 1 aliphatic rings. The fourth-order valence-corrected chi connectivity index (χ4v) is 2.68. The van der Waals surface area contributed by atoms with Crippen LogP contribution in [0.25, 0.3) is 0 Å². The van der Waals surface area contributed by atoms with Gasteiger partial charge in [-0.15, -0.1) is 0 Å². The van der Waals surface area contributed by atoms with Gasteiger partial charge in [-0.2, -0.15) is 0 Å². The number of nitrogens with one attached hydrogen (secondary N) is 1. The number of rotatable bonds is 5. The molecule has 0 saturated carbocycles. The molecule has 1 fully saturated rings. The monoisotopic (exact) mass is 286 g/mol. The third kappa shape index (κ3) is 4.42. The zero-order chi connectivity index (χ0) is 13.7. The molecule has 1 heterocycles. The summed E-state index contributed by atoms with van der Waals surface area (Å²) in [4.78, 5) is 0. The van der Waals surface area contributed by atoms with Gasteiger partial charge in [-0.1, -0.05) is 17.7 Å². The summed E-state index contributed by atoms with van der Waals surface area (Å²) < 4.78 is 18.8. The van der Waals surface area contributed by atoms with Gasteiger partial charge < -0.3 is 4.74 Å². The van der Waals surface area contributed by atoms with Crippen LogP contribution < -0.4 is 11.3 Å². The van der Waals surface area contributed by atoms with Crippen LogP contribution in [0.2, 0.25) is 5.02 Å². The van der Waals surface area contributed by atoms with Gasteiger partial charge in [0, 0.05) is 12.6 Å². The molecule has 1 aliphatic heterocycles. The molecule has 0 bridgehead atoms. The lowest BCUT2D eigenvalue weighted by Gasteiger charge is -2.26. The van der Waals surface area contributed by atoms with E-state index in [-0.39, 0.29) is 17.2 Å². The number of hydrogen-bond acceptors (Lipinski definition) is 3. The first-order chi connectivity index (χ1) is 9.19.